The largest absolute Gasteiger partial charge is 0.386 e. The molecule has 170 valence electrons. The number of carbonyl (C=O) groups is 1. The first kappa shape index (κ1) is 22.9. The molecule has 3 aromatic rings. The molecule has 0 unspecified atom stereocenters. The number of amides is 1. The minimum Gasteiger partial charge on any atom is -0.386 e. The van der Waals surface area contributed by atoms with E-state index in [-0.39, 0.29) is 29.5 Å². The monoisotopic (exact) mass is 447 g/mol. The molecular weight excluding hydrogens is 420 g/mol. The van der Waals surface area contributed by atoms with Crippen molar-refractivity contribution in [2.45, 2.75) is 38.8 Å². The molecule has 1 heterocycles. The van der Waals surface area contributed by atoms with Gasteiger partial charge in [-0.25, -0.2) is 8.78 Å². The van der Waals surface area contributed by atoms with Crippen LogP contribution >= 0.6 is 0 Å². The molecule has 0 spiro atoms. The normalized spacial score (nSPS) is 18.9. The van der Waals surface area contributed by atoms with E-state index < -0.39 is 5.60 Å². The third-order valence-corrected chi connectivity index (χ3v) is 6.13. The second-order valence-corrected chi connectivity index (χ2v) is 9.07. The Labute approximate surface area is 193 Å². The van der Waals surface area contributed by atoms with Crippen LogP contribution in [-0.4, -0.2) is 16.6 Å². The van der Waals surface area contributed by atoms with Crippen molar-refractivity contribution in [2.24, 2.45) is 5.92 Å². The van der Waals surface area contributed by atoms with E-state index >= 15 is 0 Å². The Hall–Kier alpha value is -3.31. The molecule has 33 heavy (non-hydrogen) atoms. The van der Waals surface area contributed by atoms with Crippen LogP contribution in [0.1, 0.15) is 43.0 Å². The summed E-state index contributed by atoms with van der Waals surface area (Å²) in [5.41, 5.74) is 2.94. The van der Waals surface area contributed by atoms with Crippen molar-refractivity contribution in [3.05, 3.63) is 107 Å². The number of nitrogens with zero attached hydrogens (tertiary/aromatic N) is 1. The van der Waals surface area contributed by atoms with Crippen molar-refractivity contribution < 1.29 is 18.7 Å². The van der Waals surface area contributed by atoms with Crippen molar-refractivity contribution in [1.82, 2.24) is 0 Å². The highest BCUT2D eigenvalue weighted by Gasteiger charge is 2.48. The molecule has 0 radical (unpaired) electrons. The summed E-state index contributed by atoms with van der Waals surface area (Å²) < 4.78 is 26.9. The van der Waals surface area contributed by atoms with Gasteiger partial charge < -0.3 is 10.0 Å². The smallest absolute Gasteiger partial charge is 0.233 e. The van der Waals surface area contributed by atoms with Gasteiger partial charge in [-0.2, -0.15) is 0 Å². The van der Waals surface area contributed by atoms with Crippen molar-refractivity contribution >= 4 is 17.2 Å². The second-order valence-electron chi connectivity index (χ2n) is 9.07. The van der Waals surface area contributed by atoms with Crippen molar-refractivity contribution in [2.75, 3.05) is 4.90 Å². The molecule has 0 aromatic heterocycles. The highest BCUT2D eigenvalue weighted by Crippen LogP contribution is 2.46. The lowest BCUT2D eigenvalue weighted by molar-refractivity contribution is -0.130. The van der Waals surface area contributed by atoms with Crippen LogP contribution in [0.15, 0.2) is 78.9 Å². The molecule has 1 amide bonds. The predicted molar refractivity (Wildman–Crippen MR) is 127 cm³/mol. The fourth-order valence-electron chi connectivity index (χ4n) is 4.41. The lowest BCUT2D eigenvalue weighted by Gasteiger charge is -2.47. The van der Waals surface area contributed by atoms with Gasteiger partial charge in [0.05, 0.1) is 17.6 Å². The van der Waals surface area contributed by atoms with Gasteiger partial charge in [0.2, 0.25) is 5.91 Å². The van der Waals surface area contributed by atoms with E-state index in [9.17, 15) is 18.7 Å². The number of hydrogen-bond acceptors (Lipinski definition) is 2. The van der Waals surface area contributed by atoms with E-state index in [1.165, 1.54) is 24.3 Å². The molecule has 5 heteroatoms. The molecule has 4 rings (SSSR count). The molecule has 1 saturated heterocycles. The molecule has 3 aromatic carbocycles. The number of carbonyl (C=O) groups excluding carboxylic acids is 1. The first-order valence-corrected chi connectivity index (χ1v) is 11.0. The number of rotatable bonds is 6. The summed E-state index contributed by atoms with van der Waals surface area (Å²) >= 11 is 0. The lowest BCUT2D eigenvalue weighted by Crippen LogP contribution is -2.55. The van der Waals surface area contributed by atoms with Crippen LogP contribution in [0, 0.1) is 24.5 Å². The number of hydrogen-bond donors (Lipinski definition) is 1. The quantitative estimate of drug-likeness (QED) is 0.456. The van der Waals surface area contributed by atoms with Crippen LogP contribution in [0.25, 0.3) is 5.57 Å². The van der Waals surface area contributed by atoms with Gasteiger partial charge in [0.25, 0.3) is 0 Å². The van der Waals surface area contributed by atoms with Crippen LogP contribution in [0.2, 0.25) is 0 Å². The topological polar surface area (TPSA) is 40.5 Å². The maximum absolute atomic E-state index is 13.5. The third-order valence-electron chi connectivity index (χ3n) is 6.13. The minimum atomic E-state index is -1.17. The third kappa shape index (κ3) is 4.74. The Kier molecular flexibility index (Phi) is 6.17. The number of aliphatic hydroxyl groups is 1. The number of halogens is 2. The molecule has 3 nitrogen and oxygen atoms in total. The van der Waals surface area contributed by atoms with E-state index in [1.54, 1.807) is 43.0 Å². The number of aryl methyl sites for hydroxylation is 1. The van der Waals surface area contributed by atoms with Crippen molar-refractivity contribution in [3.8, 4) is 0 Å². The fraction of sp³-hybridized carbons (Fsp3) is 0.250. The number of β-lactam (4-membered cyclic amide) rings is 1. The molecular formula is C28H27F2NO2. The van der Waals surface area contributed by atoms with E-state index in [4.69, 9.17) is 0 Å². The van der Waals surface area contributed by atoms with E-state index in [2.05, 4.69) is 0 Å². The molecule has 1 aliphatic heterocycles. The average Bonchev–Trinajstić information content (AvgIpc) is 2.77. The number of allylic oxidation sites excluding steroid dienone is 1. The van der Waals surface area contributed by atoms with Crippen LogP contribution in [0.4, 0.5) is 14.5 Å². The Bertz CT molecular complexity index is 1160. The lowest BCUT2D eigenvalue weighted by atomic mass is 9.78. The van der Waals surface area contributed by atoms with Crippen LogP contribution < -0.4 is 4.90 Å². The molecule has 2 atom stereocenters. The van der Waals surface area contributed by atoms with Crippen LogP contribution in [-0.2, 0) is 4.79 Å². The summed E-state index contributed by atoms with van der Waals surface area (Å²) in [5.74, 6) is -1.10. The zero-order valence-electron chi connectivity index (χ0n) is 18.9. The average molecular weight is 448 g/mol. The van der Waals surface area contributed by atoms with Gasteiger partial charge in [-0.15, -0.1) is 0 Å². The molecule has 0 aliphatic carbocycles. The van der Waals surface area contributed by atoms with E-state index in [0.717, 1.165) is 11.1 Å². The molecule has 1 aliphatic rings. The van der Waals surface area contributed by atoms with Gasteiger partial charge in [-0.05, 0) is 80.3 Å². The van der Waals surface area contributed by atoms with E-state index in [0.29, 0.717) is 23.2 Å². The Morgan fingerprint density at radius 3 is 2.03 bits per heavy atom. The molecule has 0 saturated carbocycles. The number of benzene rings is 3. The van der Waals surface area contributed by atoms with Crippen LogP contribution in [0.5, 0.6) is 0 Å². The Balaban J connectivity index is 1.68. The van der Waals surface area contributed by atoms with E-state index in [1.807, 2.05) is 37.3 Å². The summed E-state index contributed by atoms with van der Waals surface area (Å²) in [5, 5.41) is 10.7. The molecule has 1 fully saturated rings. The standard InChI is InChI=1S/C28H27F2NO2/c1-18-4-6-20(7-5-18)26-24(27(32)31(26)23-14-12-22(30)13-15-23)16-17-25(28(2,3)33)19-8-10-21(29)11-9-19/h4-15,17,24,26,33H,16H2,1-3H3/b25-17-/t24-,26-/m1/s1. The molecule has 1 N–H and O–H groups in total. The van der Waals surface area contributed by atoms with Crippen molar-refractivity contribution in [3.63, 3.8) is 0 Å². The van der Waals surface area contributed by atoms with Gasteiger partial charge in [0, 0.05) is 5.69 Å². The second kappa shape index (κ2) is 8.91. The maximum Gasteiger partial charge on any atom is 0.233 e. The summed E-state index contributed by atoms with van der Waals surface area (Å²) in [7, 11) is 0. The number of anilines is 1. The first-order valence-electron chi connectivity index (χ1n) is 11.0. The zero-order chi connectivity index (χ0) is 23.8. The highest BCUT2D eigenvalue weighted by molar-refractivity contribution is 6.03. The summed E-state index contributed by atoms with van der Waals surface area (Å²) in [6.07, 6.45) is 2.28. The zero-order valence-corrected chi connectivity index (χ0v) is 18.9. The van der Waals surface area contributed by atoms with Gasteiger partial charge >= 0.3 is 0 Å². The summed E-state index contributed by atoms with van der Waals surface area (Å²) in [6.45, 7) is 5.35. The summed E-state index contributed by atoms with van der Waals surface area (Å²) in [6, 6.07) is 19.7. The van der Waals surface area contributed by atoms with Gasteiger partial charge in [-0.1, -0.05) is 48.0 Å². The molecule has 0 bridgehead atoms. The first-order chi connectivity index (χ1) is 15.6. The van der Waals surface area contributed by atoms with Gasteiger partial charge in [-0.3, -0.25) is 4.79 Å². The van der Waals surface area contributed by atoms with Crippen LogP contribution in [0.3, 0.4) is 0 Å². The predicted octanol–water partition coefficient (Wildman–Crippen LogP) is 6.22. The Morgan fingerprint density at radius 2 is 1.48 bits per heavy atom. The minimum absolute atomic E-state index is 0.0577. The van der Waals surface area contributed by atoms with Gasteiger partial charge in [0.15, 0.2) is 0 Å². The fourth-order valence-corrected chi connectivity index (χ4v) is 4.41. The van der Waals surface area contributed by atoms with Crippen molar-refractivity contribution in [1.29, 1.82) is 0 Å². The Morgan fingerprint density at radius 1 is 0.939 bits per heavy atom. The maximum atomic E-state index is 13.5. The van der Waals surface area contributed by atoms with Gasteiger partial charge in [0.1, 0.15) is 11.6 Å². The highest BCUT2D eigenvalue weighted by atomic mass is 19.1. The summed E-state index contributed by atoms with van der Waals surface area (Å²) in [4.78, 5) is 14.9. The SMILES string of the molecule is Cc1ccc([C@@H]2[C@@H](C/C=C(/c3ccc(F)cc3)C(C)(C)O)C(=O)N2c2ccc(F)cc2)cc1.